The summed E-state index contributed by atoms with van der Waals surface area (Å²) < 4.78 is 6.39. The normalized spacial score (nSPS) is 26.3. The van der Waals surface area contributed by atoms with E-state index in [0.29, 0.717) is 18.5 Å². The maximum absolute atomic E-state index is 11.6. The van der Waals surface area contributed by atoms with Gasteiger partial charge in [0.05, 0.1) is 12.2 Å². The van der Waals surface area contributed by atoms with Gasteiger partial charge in [-0.15, -0.1) is 0 Å². The molecule has 0 saturated heterocycles. The van der Waals surface area contributed by atoms with E-state index >= 15 is 0 Å². The Labute approximate surface area is 134 Å². The highest BCUT2D eigenvalue weighted by molar-refractivity contribution is 7.80. The second-order valence-corrected chi connectivity index (χ2v) is 6.81. The summed E-state index contributed by atoms with van der Waals surface area (Å²) in [5.41, 5.74) is 7.89. The molecule has 0 bridgehead atoms. The molecular weight excluding hydrogens is 296 g/mol. The van der Waals surface area contributed by atoms with Crippen LogP contribution >= 0.6 is 12.2 Å². The molecule has 114 valence electrons. The summed E-state index contributed by atoms with van der Waals surface area (Å²) in [6, 6.07) is 6.00. The third kappa shape index (κ3) is 1.96. The Balaban J connectivity index is 1.82. The SMILES string of the molecule is NC(=O)C1=CN2CC3(CCCCC3=S)Oc3cccc(c32)C1. The number of para-hydroxylation sites is 1. The quantitative estimate of drug-likeness (QED) is 0.809. The molecule has 1 aromatic rings. The minimum absolute atomic E-state index is 0.359. The van der Waals surface area contributed by atoms with Crippen LogP contribution in [0, 0.1) is 0 Å². The van der Waals surface area contributed by atoms with Crippen LogP contribution < -0.4 is 15.4 Å². The van der Waals surface area contributed by atoms with E-state index in [0.717, 1.165) is 47.5 Å². The maximum Gasteiger partial charge on any atom is 0.246 e. The molecule has 0 radical (unpaired) electrons. The molecule has 1 amide bonds. The standard InChI is InChI=1S/C17H18N2O2S/c18-16(20)12-8-11-4-3-5-13-15(11)19(9-12)10-17(21-13)7-2-1-6-14(17)22/h3-5,9H,1-2,6-8,10H2,(H2,18,20). The average molecular weight is 314 g/mol. The molecule has 2 heterocycles. The molecule has 5 heteroatoms. The third-order valence-corrected chi connectivity index (χ3v) is 5.43. The number of amides is 1. The molecule has 0 aromatic heterocycles. The van der Waals surface area contributed by atoms with Crippen LogP contribution in [0.2, 0.25) is 0 Å². The molecule has 4 rings (SSSR count). The molecule has 1 aromatic carbocycles. The van der Waals surface area contributed by atoms with Gasteiger partial charge < -0.3 is 15.4 Å². The number of primary amides is 1. The largest absolute Gasteiger partial charge is 0.478 e. The lowest BCUT2D eigenvalue weighted by molar-refractivity contribution is -0.114. The number of nitrogens with two attached hydrogens (primary N) is 1. The Morgan fingerprint density at radius 2 is 2.23 bits per heavy atom. The minimum Gasteiger partial charge on any atom is -0.478 e. The molecule has 1 fully saturated rings. The van der Waals surface area contributed by atoms with Gasteiger partial charge in [0.1, 0.15) is 5.75 Å². The Hall–Kier alpha value is -1.88. The van der Waals surface area contributed by atoms with Gasteiger partial charge in [0.25, 0.3) is 0 Å². The summed E-state index contributed by atoms with van der Waals surface area (Å²) in [6.45, 7) is 0.673. The van der Waals surface area contributed by atoms with Crippen LogP contribution in [0.5, 0.6) is 5.75 Å². The zero-order chi connectivity index (χ0) is 15.3. The molecule has 1 spiro atoms. The molecule has 1 saturated carbocycles. The van der Waals surface area contributed by atoms with Gasteiger partial charge in [-0.1, -0.05) is 24.4 Å². The number of benzene rings is 1. The summed E-state index contributed by atoms with van der Waals surface area (Å²) in [5, 5.41) is 0. The lowest BCUT2D eigenvalue weighted by Crippen LogP contribution is -2.56. The van der Waals surface area contributed by atoms with E-state index in [1.165, 1.54) is 0 Å². The highest BCUT2D eigenvalue weighted by Crippen LogP contribution is 2.46. The zero-order valence-electron chi connectivity index (χ0n) is 12.3. The fourth-order valence-corrected chi connectivity index (χ4v) is 4.11. The maximum atomic E-state index is 11.6. The van der Waals surface area contributed by atoms with Gasteiger partial charge in [-0.25, -0.2) is 0 Å². The minimum atomic E-state index is -0.407. The van der Waals surface area contributed by atoms with Crippen LogP contribution in [-0.2, 0) is 11.2 Å². The van der Waals surface area contributed by atoms with Crippen molar-refractivity contribution < 1.29 is 9.53 Å². The van der Waals surface area contributed by atoms with Gasteiger partial charge >= 0.3 is 0 Å². The van der Waals surface area contributed by atoms with E-state index in [4.69, 9.17) is 22.7 Å². The van der Waals surface area contributed by atoms with Crippen molar-refractivity contribution in [1.29, 1.82) is 0 Å². The molecule has 22 heavy (non-hydrogen) atoms. The van der Waals surface area contributed by atoms with Crippen LogP contribution in [0.1, 0.15) is 31.2 Å². The van der Waals surface area contributed by atoms with Gasteiger partial charge in [0.2, 0.25) is 5.91 Å². The van der Waals surface area contributed by atoms with Crippen molar-refractivity contribution in [3.05, 3.63) is 35.5 Å². The predicted molar refractivity (Wildman–Crippen MR) is 89.2 cm³/mol. The first-order chi connectivity index (χ1) is 10.6. The summed E-state index contributed by atoms with van der Waals surface area (Å²) in [6.07, 6.45) is 6.58. The highest BCUT2D eigenvalue weighted by Gasteiger charge is 2.45. The van der Waals surface area contributed by atoms with Gasteiger partial charge in [-0.3, -0.25) is 4.79 Å². The second kappa shape index (κ2) is 4.81. The Morgan fingerprint density at radius 1 is 1.36 bits per heavy atom. The fourth-order valence-electron chi connectivity index (χ4n) is 3.75. The van der Waals surface area contributed by atoms with Crippen LogP contribution in [0.25, 0.3) is 0 Å². The zero-order valence-corrected chi connectivity index (χ0v) is 13.1. The average Bonchev–Trinajstić information content (AvgIpc) is 2.50. The van der Waals surface area contributed by atoms with Gasteiger partial charge in [-0.05, 0) is 37.3 Å². The van der Waals surface area contributed by atoms with E-state index in [9.17, 15) is 4.79 Å². The Kier molecular flexibility index (Phi) is 3.01. The van der Waals surface area contributed by atoms with Crippen molar-refractivity contribution in [2.75, 3.05) is 11.4 Å². The van der Waals surface area contributed by atoms with E-state index in [2.05, 4.69) is 4.90 Å². The van der Waals surface area contributed by atoms with Crippen molar-refractivity contribution >= 4 is 28.7 Å². The first kappa shape index (κ1) is 13.8. The summed E-state index contributed by atoms with van der Waals surface area (Å²) in [5.74, 6) is 0.510. The summed E-state index contributed by atoms with van der Waals surface area (Å²) in [7, 11) is 0. The molecule has 1 atom stereocenters. The lowest BCUT2D eigenvalue weighted by Gasteiger charge is -2.47. The number of rotatable bonds is 1. The first-order valence-corrected chi connectivity index (χ1v) is 8.11. The number of nitrogens with zero attached hydrogens (tertiary/aromatic N) is 1. The number of ether oxygens (including phenoxy) is 1. The van der Waals surface area contributed by atoms with E-state index in [1.807, 2.05) is 24.4 Å². The van der Waals surface area contributed by atoms with Crippen LogP contribution in [0.4, 0.5) is 5.69 Å². The number of carbonyl (C=O) groups excluding carboxylic acids is 1. The molecule has 3 aliphatic rings. The molecule has 2 aliphatic heterocycles. The highest BCUT2D eigenvalue weighted by atomic mass is 32.1. The fraction of sp³-hybridized carbons (Fsp3) is 0.412. The van der Waals surface area contributed by atoms with E-state index in [-0.39, 0.29) is 5.91 Å². The monoisotopic (exact) mass is 314 g/mol. The number of hydrogen-bond donors (Lipinski definition) is 1. The lowest BCUT2D eigenvalue weighted by atomic mass is 9.82. The van der Waals surface area contributed by atoms with Crippen LogP contribution in [0.15, 0.2) is 30.0 Å². The second-order valence-electron chi connectivity index (χ2n) is 6.31. The molecule has 1 unspecified atom stereocenters. The number of hydrogen-bond acceptors (Lipinski definition) is 4. The Morgan fingerprint density at radius 3 is 3.00 bits per heavy atom. The van der Waals surface area contributed by atoms with E-state index in [1.54, 1.807) is 0 Å². The first-order valence-electron chi connectivity index (χ1n) is 7.70. The Bertz CT molecular complexity index is 713. The molecule has 1 aliphatic carbocycles. The molecule has 4 nitrogen and oxygen atoms in total. The number of anilines is 1. The van der Waals surface area contributed by atoms with Crippen LogP contribution in [-0.4, -0.2) is 22.9 Å². The van der Waals surface area contributed by atoms with Crippen LogP contribution in [0.3, 0.4) is 0 Å². The summed E-state index contributed by atoms with van der Waals surface area (Å²) in [4.78, 5) is 14.7. The van der Waals surface area contributed by atoms with Crippen molar-refractivity contribution in [2.45, 2.75) is 37.7 Å². The predicted octanol–water partition coefficient (Wildman–Crippen LogP) is 2.49. The van der Waals surface area contributed by atoms with E-state index < -0.39 is 5.60 Å². The molecular formula is C17H18N2O2S. The molecule has 2 N–H and O–H groups in total. The number of thiocarbonyl (C=S) groups is 1. The third-order valence-electron chi connectivity index (χ3n) is 4.85. The van der Waals surface area contributed by atoms with Crippen molar-refractivity contribution in [2.24, 2.45) is 5.73 Å². The smallest absolute Gasteiger partial charge is 0.246 e. The van der Waals surface area contributed by atoms with Crippen molar-refractivity contribution in [3.8, 4) is 5.75 Å². The number of carbonyl (C=O) groups is 1. The summed E-state index contributed by atoms with van der Waals surface area (Å²) >= 11 is 5.64. The van der Waals surface area contributed by atoms with Gasteiger partial charge in [-0.2, -0.15) is 0 Å². The topological polar surface area (TPSA) is 55.6 Å². The van der Waals surface area contributed by atoms with Gasteiger partial charge in [0, 0.05) is 23.1 Å². The van der Waals surface area contributed by atoms with Gasteiger partial charge in [0.15, 0.2) is 5.60 Å². The van der Waals surface area contributed by atoms with Crippen molar-refractivity contribution in [3.63, 3.8) is 0 Å². The van der Waals surface area contributed by atoms with Crippen molar-refractivity contribution in [1.82, 2.24) is 0 Å².